The fourth-order valence-electron chi connectivity index (χ4n) is 2.40. The van der Waals surface area contributed by atoms with E-state index in [-0.39, 0.29) is 11.7 Å². The van der Waals surface area contributed by atoms with E-state index in [1.54, 1.807) is 6.07 Å². The molecule has 2 heterocycles. The van der Waals surface area contributed by atoms with Crippen molar-refractivity contribution in [1.29, 1.82) is 0 Å². The molecule has 0 radical (unpaired) electrons. The lowest BCUT2D eigenvalue weighted by Gasteiger charge is -2.36. The van der Waals surface area contributed by atoms with E-state index in [9.17, 15) is 9.18 Å². The predicted molar refractivity (Wildman–Crippen MR) is 78.8 cm³/mol. The Hall–Kier alpha value is -1.88. The molecule has 1 fully saturated rings. The summed E-state index contributed by atoms with van der Waals surface area (Å²) < 4.78 is 13.2. The van der Waals surface area contributed by atoms with E-state index in [1.165, 1.54) is 23.5 Å². The van der Waals surface area contributed by atoms with E-state index in [2.05, 4.69) is 4.90 Å². The van der Waals surface area contributed by atoms with E-state index in [1.807, 2.05) is 28.5 Å². The second-order valence-corrected chi connectivity index (χ2v) is 5.68. The molecule has 1 amide bonds. The summed E-state index contributed by atoms with van der Waals surface area (Å²) in [6, 6.07) is 10.3. The van der Waals surface area contributed by atoms with Crippen LogP contribution in [0, 0.1) is 5.82 Å². The minimum Gasteiger partial charge on any atom is -0.368 e. The highest BCUT2D eigenvalue weighted by Gasteiger charge is 2.22. The number of thiophene rings is 1. The van der Waals surface area contributed by atoms with Crippen molar-refractivity contribution in [3.8, 4) is 0 Å². The highest BCUT2D eigenvalue weighted by atomic mass is 32.1. The summed E-state index contributed by atoms with van der Waals surface area (Å²) in [5.74, 6) is -0.126. The number of hydrogen-bond acceptors (Lipinski definition) is 3. The maximum Gasteiger partial charge on any atom is 0.264 e. The molecule has 1 aromatic heterocycles. The Morgan fingerprint density at radius 1 is 1.10 bits per heavy atom. The number of hydrogen-bond donors (Lipinski definition) is 0. The summed E-state index contributed by atoms with van der Waals surface area (Å²) in [6.45, 7) is 2.82. The van der Waals surface area contributed by atoms with E-state index in [4.69, 9.17) is 0 Å². The molecule has 20 heavy (non-hydrogen) atoms. The van der Waals surface area contributed by atoms with Gasteiger partial charge < -0.3 is 9.80 Å². The zero-order valence-electron chi connectivity index (χ0n) is 11.0. The Balaban J connectivity index is 1.64. The zero-order chi connectivity index (χ0) is 13.9. The molecule has 3 nitrogen and oxygen atoms in total. The summed E-state index contributed by atoms with van der Waals surface area (Å²) in [5.41, 5.74) is 0.883. The van der Waals surface area contributed by atoms with Gasteiger partial charge in [0.25, 0.3) is 5.91 Å². The molecule has 3 rings (SSSR count). The fraction of sp³-hybridized carbons (Fsp3) is 0.267. The van der Waals surface area contributed by atoms with Gasteiger partial charge in [-0.05, 0) is 29.6 Å². The van der Waals surface area contributed by atoms with Gasteiger partial charge in [-0.2, -0.15) is 0 Å². The van der Waals surface area contributed by atoms with Crippen LogP contribution in [0.5, 0.6) is 0 Å². The van der Waals surface area contributed by atoms with E-state index >= 15 is 0 Å². The number of piperazine rings is 1. The van der Waals surface area contributed by atoms with Gasteiger partial charge in [-0.3, -0.25) is 4.79 Å². The third-order valence-electron chi connectivity index (χ3n) is 3.47. The SMILES string of the molecule is O=C(c1cccs1)N1CCN(c2cccc(F)c2)CC1. The molecule has 2 aromatic rings. The number of carbonyl (C=O) groups excluding carboxylic acids is 1. The molecule has 0 spiro atoms. The van der Waals surface area contributed by atoms with Crippen LogP contribution >= 0.6 is 11.3 Å². The number of amides is 1. The third-order valence-corrected chi connectivity index (χ3v) is 4.33. The number of carbonyl (C=O) groups is 1. The van der Waals surface area contributed by atoms with Crippen LogP contribution in [0.4, 0.5) is 10.1 Å². The molecule has 1 aliphatic rings. The molecule has 104 valence electrons. The largest absolute Gasteiger partial charge is 0.368 e. The fourth-order valence-corrected chi connectivity index (χ4v) is 3.09. The summed E-state index contributed by atoms with van der Waals surface area (Å²) in [7, 11) is 0. The summed E-state index contributed by atoms with van der Waals surface area (Å²) >= 11 is 1.47. The third kappa shape index (κ3) is 2.67. The molecule has 0 bridgehead atoms. The van der Waals surface area contributed by atoms with Crippen molar-refractivity contribution in [2.45, 2.75) is 0 Å². The highest BCUT2D eigenvalue weighted by molar-refractivity contribution is 7.12. The maximum absolute atomic E-state index is 13.2. The quantitative estimate of drug-likeness (QED) is 0.849. The average Bonchev–Trinajstić information content (AvgIpc) is 3.01. The van der Waals surface area contributed by atoms with Crippen LogP contribution in [-0.2, 0) is 0 Å². The molecular weight excluding hydrogens is 275 g/mol. The van der Waals surface area contributed by atoms with Crippen molar-refractivity contribution in [2.75, 3.05) is 31.1 Å². The van der Waals surface area contributed by atoms with Crippen molar-refractivity contribution in [3.63, 3.8) is 0 Å². The molecule has 1 aromatic carbocycles. The molecule has 0 aliphatic carbocycles. The molecule has 0 N–H and O–H groups in total. The molecule has 0 unspecified atom stereocenters. The van der Waals surface area contributed by atoms with Crippen LogP contribution in [0.3, 0.4) is 0 Å². The van der Waals surface area contributed by atoms with Crippen LogP contribution in [-0.4, -0.2) is 37.0 Å². The Morgan fingerprint density at radius 2 is 1.90 bits per heavy atom. The van der Waals surface area contributed by atoms with Crippen molar-refractivity contribution in [3.05, 3.63) is 52.5 Å². The zero-order valence-corrected chi connectivity index (χ0v) is 11.8. The first-order valence-corrected chi connectivity index (χ1v) is 7.45. The first-order chi connectivity index (χ1) is 9.74. The predicted octanol–water partition coefficient (Wildman–Crippen LogP) is 2.85. The Labute approximate surface area is 121 Å². The van der Waals surface area contributed by atoms with Gasteiger partial charge in [0, 0.05) is 31.9 Å². The van der Waals surface area contributed by atoms with Gasteiger partial charge in [0.2, 0.25) is 0 Å². The van der Waals surface area contributed by atoms with Crippen molar-refractivity contribution in [1.82, 2.24) is 4.90 Å². The molecule has 1 aliphatic heterocycles. The van der Waals surface area contributed by atoms with Crippen LogP contribution < -0.4 is 4.90 Å². The molecular formula is C15H15FN2OS. The van der Waals surface area contributed by atoms with Crippen LogP contribution in [0.2, 0.25) is 0 Å². The number of rotatable bonds is 2. The molecule has 0 saturated carbocycles. The standard InChI is InChI=1S/C15H15FN2OS/c16-12-3-1-4-13(11-12)17-6-8-18(9-7-17)15(19)14-5-2-10-20-14/h1-5,10-11H,6-9H2. The van der Waals surface area contributed by atoms with Gasteiger partial charge in [0.05, 0.1) is 4.88 Å². The van der Waals surface area contributed by atoms with E-state index in [0.29, 0.717) is 13.1 Å². The smallest absolute Gasteiger partial charge is 0.264 e. The second-order valence-electron chi connectivity index (χ2n) is 4.74. The maximum atomic E-state index is 13.2. The van der Waals surface area contributed by atoms with Gasteiger partial charge >= 0.3 is 0 Å². The number of halogens is 1. The van der Waals surface area contributed by atoms with Gasteiger partial charge in [-0.15, -0.1) is 11.3 Å². The molecule has 1 saturated heterocycles. The topological polar surface area (TPSA) is 23.6 Å². The van der Waals surface area contributed by atoms with Gasteiger partial charge in [0.15, 0.2) is 0 Å². The van der Waals surface area contributed by atoms with Crippen molar-refractivity contribution >= 4 is 22.9 Å². The van der Waals surface area contributed by atoms with Crippen molar-refractivity contribution in [2.24, 2.45) is 0 Å². The van der Waals surface area contributed by atoms with Crippen LogP contribution in [0.1, 0.15) is 9.67 Å². The molecule has 5 heteroatoms. The number of anilines is 1. The van der Waals surface area contributed by atoms with Gasteiger partial charge in [-0.25, -0.2) is 4.39 Å². The van der Waals surface area contributed by atoms with Crippen LogP contribution in [0.25, 0.3) is 0 Å². The summed E-state index contributed by atoms with van der Waals surface area (Å²) in [4.78, 5) is 17.0. The van der Waals surface area contributed by atoms with Gasteiger partial charge in [0.1, 0.15) is 5.82 Å². The lowest BCUT2D eigenvalue weighted by Crippen LogP contribution is -2.48. The first kappa shape index (κ1) is 13.1. The van der Waals surface area contributed by atoms with E-state index in [0.717, 1.165) is 23.7 Å². The van der Waals surface area contributed by atoms with E-state index < -0.39 is 0 Å². The normalized spacial score (nSPS) is 15.4. The Kier molecular flexibility index (Phi) is 3.69. The van der Waals surface area contributed by atoms with Crippen LogP contribution in [0.15, 0.2) is 41.8 Å². The average molecular weight is 290 g/mol. The second kappa shape index (κ2) is 5.63. The minimum absolute atomic E-state index is 0.0962. The van der Waals surface area contributed by atoms with Gasteiger partial charge in [-0.1, -0.05) is 12.1 Å². The minimum atomic E-state index is -0.223. The monoisotopic (exact) mass is 290 g/mol. The summed E-state index contributed by atoms with van der Waals surface area (Å²) in [5, 5.41) is 1.91. The summed E-state index contributed by atoms with van der Waals surface area (Å²) in [6.07, 6.45) is 0. The first-order valence-electron chi connectivity index (χ1n) is 6.57. The molecule has 0 atom stereocenters. The Morgan fingerprint density at radius 3 is 2.55 bits per heavy atom. The number of nitrogens with zero attached hydrogens (tertiary/aromatic N) is 2. The number of benzene rings is 1. The van der Waals surface area contributed by atoms with Crippen molar-refractivity contribution < 1.29 is 9.18 Å². The lowest BCUT2D eigenvalue weighted by molar-refractivity contribution is 0.0751. The highest BCUT2D eigenvalue weighted by Crippen LogP contribution is 2.19. The lowest BCUT2D eigenvalue weighted by atomic mass is 10.2. The Bertz CT molecular complexity index is 592.